The summed E-state index contributed by atoms with van der Waals surface area (Å²) in [5.41, 5.74) is 0. The van der Waals surface area contributed by atoms with Crippen LogP contribution in [0.1, 0.15) is 6.42 Å². The van der Waals surface area contributed by atoms with Crippen LogP contribution in [-0.2, 0) is 9.53 Å². The van der Waals surface area contributed by atoms with Gasteiger partial charge in [0, 0.05) is 0 Å². The molecule has 0 aromatic heterocycles. The third-order valence-corrected chi connectivity index (χ3v) is 2.60. The van der Waals surface area contributed by atoms with Crippen LogP contribution in [-0.4, -0.2) is 45.7 Å². The summed E-state index contributed by atoms with van der Waals surface area (Å²) in [7, 11) is 0. The summed E-state index contributed by atoms with van der Waals surface area (Å²) in [6.45, 7) is 0. The average Bonchev–Trinajstić information content (AvgIpc) is 2.53. The van der Waals surface area contributed by atoms with E-state index in [1.165, 1.54) is 0 Å². The number of hydrogen-bond donors (Lipinski definition) is 3. The molecule has 0 saturated carbocycles. The minimum Gasteiger partial charge on any atom is -0.481 e. The molecule has 2 rings (SSSR count). The monoisotopic (exact) mass is 174 g/mol. The summed E-state index contributed by atoms with van der Waals surface area (Å²) in [6, 6.07) is 0. The highest BCUT2D eigenvalue weighted by Crippen LogP contribution is 2.39. The molecule has 2 bridgehead atoms. The molecular weight excluding hydrogens is 164 g/mol. The number of ether oxygens (including phenoxy) is 1. The van der Waals surface area contributed by atoms with Crippen molar-refractivity contribution in [3.8, 4) is 0 Å². The second-order valence-corrected chi connectivity index (χ2v) is 3.30. The SMILES string of the molecule is O=C(O)C1CC2OC1C(O)C2O. The molecule has 0 radical (unpaired) electrons. The maximum absolute atomic E-state index is 10.6. The molecule has 0 aromatic rings. The number of rotatable bonds is 1. The predicted octanol–water partition coefficient (Wildman–Crippen LogP) is -1.42. The number of carbonyl (C=O) groups is 1. The number of aliphatic hydroxyl groups excluding tert-OH is 2. The van der Waals surface area contributed by atoms with Gasteiger partial charge in [0.1, 0.15) is 12.2 Å². The van der Waals surface area contributed by atoms with Gasteiger partial charge in [-0.05, 0) is 6.42 Å². The van der Waals surface area contributed by atoms with Gasteiger partial charge in [0.05, 0.1) is 18.1 Å². The highest BCUT2D eigenvalue weighted by atomic mass is 16.6. The Hall–Kier alpha value is -0.650. The zero-order valence-corrected chi connectivity index (χ0v) is 6.25. The summed E-state index contributed by atoms with van der Waals surface area (Å²) >= 11 is 0. The van der Waals surface area contributed by atoms with Crippen molar-refractivity contribution in [2.45, 2.75) is 30.8 Å². The van der Waals surface area contributed by atoms with E-state index in [-0.39, 0.29) is 0 Å². The molecule has 0 amide bonds. The maximum Gasteiger partial charge on any atom is 0.309 e. The number of hydrogen-bond acceptors (Lipinski definition) is 4. The van der Waals surface area contributed by atoms with Gasteiger partial charge in [-0.15, -0.1) is 0 Å². The van der Waals surface area contributed by atoms with Crippen LogP contribution in [0.3, 0.4) is 0 Å². The second kappa shape index (κ2) is 2.42. The maximum atomic E-state index is 10.6. The molecule has 2 fully saturated rings. The lowest BCUT2D eigenvalue weighted by Crippen LogP contribution is -2.43. The molecule has 0 aromatic carbocycles. The van der Waals surface area contributed by atoms with Crippen molar-refractivity contribution >= 4 is 5.97 Å². The summed E-state index contributed by atoms with van der Waals surface area (Å²) in [6.07, 6.45) is -2.86. The van der Waals surface area contributed by atoms with Crippen LogP contribution in [0.4, 0.5) is 0 Å². The minimum absolute atomic E-state index is 0.304. The summed E-state index contributed by atoms with van der Waals surface area (Å²) in [5.74, 6) is -1.62. The lowest BCUT2D eigenvalue weighted by molar-refractivity contribution is -0.146. The Kier molecular flexibility index (Phi) is 1.61. The van der Waals surface area contributed by atoms with E-state index in [0.29, 0.717) is 6.42 Å². The van der Waals surface area contributed by atoms with Crippen molar-refractivity contribution in [1.29, 1.82) is 0 Å². The molecule has 5 unspecified atom stereocenters. The zero-order valence-electron chi connectivity index (χ0n) is 6.25. The largest absolute Gasteiger partial charge is 0.481 e. The Morgan fingerprint density at radius 3 is 2.42 bits per heavy atom. The third kappa shape index (κ3) is 0.872. The molecule has 5 nitrogen and oxygen atoms in total. The van der Waals surface area contributed by atoms with Crippen molar-refractivity contribution in [3.63, 3.8) is 0 Å². The van der Waals surface area contributed by atoms with E-state index < -0.39 is 36.3 Å². The van der Waals surface area contributed by atoms with Crippen molar-refractivity contribution in [2.75, 3.05) is 0 Å². The lowest BCUT2D eigenvalue weighted by atomic mass is 9.85. The van der Waals surface area contributed by atoms with Crippen molar-refractivity contribution in [2.24, 2.45) is 5.92 Å². The van der Waals surface area contributed by atoms with Crippen LogP contribution >= 0.6 is 0 Å². The van der Waals surface area contributed by atoms with Gasteiger partial charge in [-0.1, -0.05) is 0 Å². The molecule has 0 spiro atoms. The van der Waals surface area contributed by atoms with Crippen LogP contribution < -0.4 is 0 Å². The Bertz CT molecular complexity index is 214. The Morgan fingerprint density at radius 1 is 1.33 bits per heavy atom. The molecule has 3 N–H and O–H groups in total. The third-order valence-electron chi connectivity index (χ3n) is 2.60. The van der Waals surface area contributed by atoms with Crippen molar-refractivity contribution in [3.05, 3.63) is 0 Å². The van der Waals surface area contributed by atoms with E-state index in [0.717, 1.165) is 0 Å². The molecule has 5 heteroatoms. The zero-order chi connectivity index (χ0) is 8.88. The highest BCUT2D eigenvalue weighted by Gasteiger charge is 2.55. The molecule has 5 atom stereocenters. The fourth-order valence-electron chi connectivity index (χ4n) is 1.93. The van der Waals surface area contributed by atoms with Crippen molar-refractivity contribution < 1.29 is 24.9 Å². The van der Waals surface area contributed by atoms with Crippen LogP contribution in [0.5, 0.6) is 0 Å². The lowest BCUT2D eigenvalue weighted by Gasteiger charge is -2.23. The van der Waals surface area contributed by atoms with Gasteiger partial charge < -0.3 is 20.1 Å². The first kappa shape index (κ1) is 7.97. The Morgan fingerprint density at radius 2 is 2.00 bits per heavy atom. The molecule has 68 valence electrons. The smallest absolute Gasteiger partial charge is 0.309 e. The van der Waals surface area contributed by atoms with Crippen LogP contribution in [0, 0.1) is 5.92 Å². The van der Waals surface area contributed by atoms with Crippen LogP contribution in [0.15, 0.2) is 0 Å². The van der Waals surface area contributed by atoms with Gasteiger partial charge >= 0.3 is 5.97 Å². The first-order valence-corrected chi connectivity index (χ1v) is 3.85. The number of aliphatic hydroxyl groups is 2. The topological polar surface area (TPSA) is 87.0 Å². The standard InChI is InChI=1S/C7H10O5/c8-4-3-1-2(7(10)11)6(12-3)5(4)9/h2-6,8-9H,1H2,(H,10,11). The quantitative estimate of drug-likeness (QED) is 0.454. The van der Waals surface area contributed by atoms with Crippen molar-refractivity contribution in [1.82, 2.24) is 0 Å². The first-order chi connectivity index (χ1) is 5.61. The van der Waals surface area contributed by atoms with E-state index in [2.05, 4.69) is 0 Å². The Labute approximate surface area is 68.6 Å². The first-order valence-electron chi connectivity index (χ1n) is 3.85. The van der Waals surface area contributed by atoms with Gasteiger partial charge in [0.25, 0.3) is 0 Å². The molecule has 0 aliphatic carbocycles. The molecule has 12 heavy (non-hydrogen) atoms. The summed E-state index contributed by atoms with van der Waals surface area (Å²) in [5, 5.41) is 27.2. The molecular formula is C7H10O5. The van der Waals surface area contributed by atoms with Gasteiger partial charge in [-0.25, -0.2) is 0 Å². The highest BCUT2D eigenvalue weighted by molar-refractivity contribution is 5.71. The molecule has 2 heterocycles. The predicted molar refractivity (Wildman–Crippen MR) is 36.4 cm³/mol. The van der Waals surface area contributed by atoms with Crippen LogP contribution in [0.2, 0.25) is 0 Å². The number of fused-ring (bicyclic) bond motifs is 2. The fourth-order valence-corrected chi connectivity index (χ4v) is 1.93. The fraction of sp³-hybridized carbons (Fsp3) is 0.857. The number of carboxylic acids is 1. The van der Waals surface area contributed by atoms with Gasteiger partial charge in [0.2, 0.25) is 0 Å². The number of carboxylic acid groups (broad SMARTS) is 1. The van der Waals surface area contributed by atoms with E-state index in [1.54, 1.807) is 0 Å². The van der Waals surface area contributed by atoms with Gasteiger partial charge in [-0.2, -0.15) is 0 Å². The van der Waals surface area contributed by atoms with Gasteiger partial charge in [0.15, 0.2) is 0 Å². The summed E-state index contributed by atoms with van der Waals surface area (Å²) in [4.78, 5) is 10.6. The number of aliphatic carboxylic acids is 1. The van der Waals surface area contributed by atoms with Crippen LogP contribution in [0.25, 0.3) is 0 Å². The molecule has 2 aliphatic rings. The summed E-state index contributed by atoms with van der Waals surface area (Å²) < 4.78 is 5.09. The Balaban J connectivity index is 2.15. The van der Waals surface area contributed by atoms with Gasteiger partial charge in [-0.3, -0.25) is 4.79 Å². The molecule has 2 saturated heterocycles. The second-order valence-electron chi connectivity index (χ2n) is 3.30. The van der Waals surface area contributed by atoms with E-state index in [1.807, 2.05) is 0 Å². The minimum atomic E-state index is -1.04. The normalized spacial score (nSPS) is 51.3. The molecule has 2 aliphatic heterocycles. The average molecular weight is 174 g/mol. The van der Waals surface area contributed by atoms with E-state index in [9.17, 15) is 15.0 Å². The van der Waals surface area contributed by atoms with E-state index in [4.69, 9.17) is 9.84 Å². The van der Waals surface area contributed by atoms with E-state index >= 15 is 0 Å².